The first-order valence-electron chi connectivity index (χ1n) is 15.5. The number of hydrogen-bond acceptors (Lipinski definition) is 7. The van der Waals surface area contributed by atoms with Gasteiger partial charge in [0, 0.05) is 21.4 Å². The maximum absolute atomic E-state index is 14.0. The van der Waals surface area contributed by atoms with Crippen molar-refractivity contribution in [3.05, 3.63) is 134 Å². The van der Waals surface area contributed by atoms with E-state index in [9.17, 15) is 44.7 Å². The Labute approximate surface area is 327 Å². The van der Waals surface area contributed by atoms with E-state index in [0.717, 1.165) is 21.8 Å². The molecule has 6 rings (SSSR count). The Hall–Kier alpha value is -6.12. The number of rotatable bonds is 6. The van der Waals surface area contributed by atoms with Gasteiger partial charge < -0.3 is 10.6 Å². The van der Waals surface area contributed by atoms with E-state index < -0.39 is 65.4 Å². The second kappa shape index (κ2) is 16.7. The first-order valence-corrected chi connectivity index (χ1v) is 17.1. The average molecular weight is 908 g/mol. The van der Waals surface area contributed by atoms with Crippen LogP contribution in [0.1, 0.15) is 33.7 Å². The normalized spacial score (nSPS) is 13.8. The lowest BCUT2D eigenvalue weighted by atomic mass is 10.1. The summed E-state index contributed by atoms with van der Waals surface area (Å²) in [6, 6.07) is 21.9. The Balaban J connectivity index is 0.000000214. The Bertz CT molecular complexity index is 2440. The molecule has 0 saturated heterocycles. The van der Waals surface area contributed by atoms with Crippen molar-refractivity contribution in [2.45, 2.75) is 24.8 Å². The zero-order valence-corrected chi connectivity index (χ0v) is 30.9. The van der Waals surface area contributed by atoms with Crippen molar-refractivity contribution in [3.63, 3.8) is 0 Å². The number of halogens is 10. The summed E-state index contributed by atoms with van der Waals surface area (Å²) in [5.41, 5.74) is -2.67. The van der Waals surface area contributed by atoms with Crippen LogP contribution in [0.5, 0.6) is 0 Å². The Kier molecular flexibility index (Phi) is 12.3. The van der Waals surface area contributed by atoms with Gasteiger partial charge in [0.1, 0.15) is 29.1 Å². The van der Waals surface area contributed by atoms with Gasteiger partial charge in [0.2, 0.25) is 5.91 Å². The highest BCUT2D eigenvalue weighted by atomic mass is 79.9. The Morgan fingerprint density at radius 1 is 0.732 bits per heavy atom. The van der Waals surface area contributed by atoms with E-state index in [-0.39, 0.29) is 33.9 Å². The van der Waals surface area contributed by atoms with Crippen molar-refractivity contribution in [1.82, 2.24) is 9.78 Å². The molecule has 1 aromatic heterocycles. The summed E-state index contributed by atoms with van der Waals surface area (Å²) >= 11 is 6.15. The fraction of sp³-hybridized carbons (Fsp3) is 0.111. The molecular weight excluding hydrogens is 888 g/mol. The molecule has 2 heterocycles. The number of benzene rings is 4. The first-order chi connectivity index (χ1) is 26.4. The molecule has 1 aliphatic heterocycles. The number of hydrogen-bond donors (Lipinski definition) is 2. The lowest BCUT2D eigenvalue weighted by molar-refractivity contribution is -0.141. The van der Waals surface area contributed by atoms with Crippen molar-refractivity contribution < 1.29 is 44.7 Å². The Morgan fingerprint density at radius 2 is 1.27 bits per heavy atom. The van der Waals surface area contributed by atoms with E-state index in [1.807, 2.05) is 12.1 Å². The number of nitriles is 2. The van der Waals surface area contributed by atoms with Gasteiger partial charge in [-0.25, -0.2) is 13.5 Å². The number of carbonyl (C=O) groups is 2. The standard InChI is InChI=1S/C18H11BrF4N4O.C18H9BrF4N4O/c2*19-11-4-5-14(13(20)7-11)25-17(28)15-8-16(18(21,22)23)26-27(15)12-3-1-2-10(6-12)9-24/h1-7,15H,8H2,(H,25,28);1-8H,(H,25,28). The smallest absolute Gasteiger partial charge is 0.322 e. The second-order valence-corrected chi connectivity index (χ2v) is 13.3. The molecule has 0 radical (unpaired) electrons. The van der Waals surface area contributed by atoms with Crippen molar-refractivity contribution in [1.29, 1.82) is 10.5 Å². The number of carbonyl (C=O) groups excluding carboxylic acids is 2. The molecule has 4 aromatic carbocycles. The monoisotopic (exact) mass is 906 g/mol. The SMILES string of the molecule is N#Cc1cccc(-n2nc(C(F)(F)F)cc2C(=O)Nc2ccc(Br)cc2F)c1.N#Cc1cccc(N2N=C(C(F)(F)F)CC2C(=O)Nc2ccc(Br)cc2F)c1. The highest BCUT2D eigenvalue weighted by Gasteiger charge is 2.45. The fourth-order valence-corrected chi connectivity index (χ4v) is 5.68. The van der Waals surface area contributed by atoms with E-state index >= 15 is 0 Å². The fourth-order valence-electron chi connectivity index (χ4n) is 5.01. The van der Waals surface area contributed by atoms with E-state index in [2.05, 4.69) is 52.7 Å². The third kappa shape index (κ3) is 9.75. The maximum Gasteiger partial charge on any atom is 0.435 e. The quantitative estimate of drug-likeness (QED) is 0.163. The molecular formula is C36H20Br2F8N8O2. The first kappa shape index (κ1) is 41.1. The molecule has 0 aliphatic carbocycles. The lowest BCUT2D eigenvalue weighted by Gasteiger charge is -2.23. The van der Waals surface area contributed by atoms with E-state index in [1.54, 1.807) is 0 Å². The molecule has 1 unspecified atom stereocenters. The van der Waals surface area contributed by atoms with Crippen molar-refractivity contribution in [2.75, 3.05) is 15.6 Å². The summed E-state index contributed by atoms with van der Waals surface area (Å²) in [6.45, 7) is 0. The van der Waals surface area contributed by atoms with E-state index in [1.165, 1.54) is 72.8 Å². The van der Waals surface area contributed by atoms with Gasteiger partial charge in [0.15, 0.2) is 5.69 Å². The largest absolute Gasteiger partial charge is 0.435 e. The predicted octanol–water partition coefficient (Wildman–Crippen LogP) is 9.51. The van der Waals surface area contributed by atoms with Gasteiger partial charge in [0.05, 0.1) is 46.0 Å². The number of hydrazone groups is 1. The van der Waals surface area contributed by atoms with Gasteiger partial charge in [-0.1, -0.05) is 44.0 Å². The Morgan fingerprint density at radius 3 is 1.79 bits per heavy atom. The van der Waals surface area contributed by atoms with Crippen LogP contribution in [0.15, 0.2) is 105 Å². The third-order valence-corrected chi connectivity index (χ3v) is 8.59. The van der Waals surface area contributed by atoms with Crippen molar-refractivity contribution >= 4 is 66.4 Å². The number of aromatic nitrogens is 2. The van der Waals surface area contributed by atoms with Gasteiger partial charge in [-0.15, -0.1) is 0 Å². The van der Waals surface area contributed by atoms with Crippen LogP contribution in [0.2, 0.25) is 0 Å². The molecule has 1 aliphatic rings. The maximum atomic E-state index is 14.0. The summed E-state index contributed by atoms with van der Waals surface area (Å²) in [5.74, 6) is -3.36. The molecule has 2 amide bonds. The molecule has 2 N–H and O–H groups in total. The van der Waals surface area contributed by atoms with Crippen LogP contribution >= 0.6 is 31.9 Å². The lowest BCUT2D eigenvalue weighted by Crippen LogP contribution is -2.39. The van der Waals surface area contributed by atoms with Gasteiger partial charge >= 0.3 is 12.4 Å². The molecule has 56 heavy (non-hydrogen) atoms. The zero-order valence-electron chi connectivity index (χ0n) is 27.7. The summed E-state index contributed by atoms with van der Waals surface area (Å²) < 4.78 is 108. The van der Waals surface area contributed by atoms with Crippen LogP contribution < -0.4 is 15.6 Å². The average Bonchev–Trinajstić information content (AvgIpc) is 3.81. The molecule has 20 heteroatoms. The highest BCUT2D eigenvalue weighted by Crippen LogP contribution is 2.33. The summed E-state index contributed by atoms with van der Waals surface area (Å²) in [6.07, 6.45) is -10.2. The van der Waals surface area contributed by atoms with Gasteiger partial charge in [0.25, 0.3) is 5.91 Å². The number of nitrogens with zero attached hydrogens (tertiary/aromatic N) is 6. The molecule has 1 atom stereocenters. The van der Waals surface area contributed by atoms with E-state index in [4.69, 9.17) is 10.5 Å². The third-order valence-electron chi connectivity index (χ3n) is 7.60. The number of alkyl halides is 6. The highest BCUT2D eigenvalue weighted by molar-refractivity contribution is 9.10. The van der Waals surface area contributed by atoms with Gasteiger partial charge in [-0.05, 0) is 72.8 Å². The number of nitrogens with one attached hydrogen (secondary N) is 2. The molecule has 0 spiro atoms. The summed E-state index contributed by atoms with van der Waals surface area (Å²) in [4.78, 5) is 25.2. The summed E-state index contributed by atoms with van der Waals surface area (Å²) in [5, 5.41) is 30.4. The molecule has 0 saturated carbocycles. The molecule has 0 bridgehead atoms. The van der Waals surface area contributed by atoms with Crippen LogP contribution in [-0.2, 0) is 11.0 Å². The van der Waals surface area contributed by atoms with Gasteiger partial charge in [-0.3, -0.25) is 14.6 Å². The van der Waals surface area contributed by atoms with Crippen LogP contribution in [0, 0.1) is 34.3 Å². The minimum Gasteiger partial charge on any atom is -0.322 e. The minimum absolute atomic E-state index is 0.0796. The summed E-state index contributed by atoms with van der Waals surface area (Å²) in [7, 11) is 0. The zero-order chi connectivity index (χ0) is 40.9. The van der Waals surface area contributed by atoms with Crippen LogP contribution in [0.3, 0.4) is 0 Å². The van der Waals surface area contributed by atoms with E-state index in [0.29, 0.717) is 15.0 Å². The number of amides is 2. The molecule has 5 aromatic rings. The predicted molar refractivity (Wildman–Crippen MR) is 194 cm³/mol. The minimum atomic E-state index is -4.80. The van der Waals surface area contributed by atoms with Crippen LogP contribution in [-0.4, -0.2) is 39.5 Å². The molecule has 0 fully saturated rings. The van der Waals surface area contributed by atoms with Crippen molar-refractivity contribution in [3.8, 4) is 17.8 Å². The second-order valence-electron chi connectivity index (χ2n) is 11.4. The van der Waals surface area contributed by atoms with Crippen molar-refractivity contribution in [2.24, 2.45) is 5.10 Å². The van der Waals surface area contributed by atoms with Crippen LogP contribution in [0.25, 0.3) is 5.69 Å². The molecule has 286 valence electrons. The van der Waals surface area contributed by atoms with Crippen LogP contribution in [0.4, 0.5) is 52.2 Å². The molecule has 10 nitrogen and oxygen atoms in total. The number of anilines is 3. The topological polar surface area (TPSA) is 139 Å². The van der Waals surface area contributed by atoms with Gasteiger partial charge in [-0.2, -0.15) is 47.1 Å².